The third-order valence-corrected chi connectivity index (χ3v) is 2.48. The second-order valence-corrected chi connectivity index (χ2v) is 3.69. The molecule has 1 nitrogen and oxygen atoms in total. The van der Waals surface area contributed by atoms with Gasteiger partial charge in [0, 0.05) is 5.88 Å². The van der Waals surface area contributed by atoms with Gasteiger partial charge in [-0.1, -0.05) is 18.2 Å². The summed E-state index contributed by atoms with van der Waals surface area (Å²) >= 11 is 10.2. The highest BCUT2D eigenvalue weighted by Crippen LogP contribution is 2.23. The number of aliphatic hydroxyl groups excluding tert-OH is 1. The summed E-state index contributed by atoms with van der Waals surface area (Å²) in [5.41, 5.74) is 0.403. The Balaban J connectivity index is 2.99. The molecule has 0 saturated heterocycles. The Morgan fingerprint density at radius 1 is 1.50 bits per heavy atom. The average Bonchev–Trinajstić information content (AvgIpc) is 2.15. The molecule has 0 aliphatic rings. The maximum absolute atomic E-state index is 13.3. The number of halogens is 2. The third kappa shape index (κ3) is 2.66. The van der Waals surface area contributed by atoms with Gasteiger partial charge in [-0.25, -0.2) is 4.39 Å². The number of hydrogen-bond acceptors (Lipinski definition) is 1. The summed E-state index contributed by atoms with van der Waals surface area (Å²) in [6.07, 6.45) is 0.442. The molecule has 0 fully saturated rings. The van der Waals surface area contributed by atoms with Gasteiger partial charge in [-0.15, -0.1) is 11.6 Å². The molecule has 1 atom stereocenters. The molecule has 0 aromatic heterocycles. The molecule has 0 aliphatic heterocycles. The molecule has 0 spiro atoms. The number of alkyl halides is 1. The first kappa shape index (κ1) is 11.4. The lowest BCUT2D eigenvalue weighted by Gasteiger charge is -2.13. The van der Waals surface area contributed by atoms with Gasteiger partial charge in [-0.3, -0.25) is 0 Å². The SMILES string of the molecule is OC(=S)C(CCCl)c1ccccc1F. The lowest BCUT2D eigenvalue weighted by Crippen LogP contribution is -2.11. The van der Waals surface area contributed by atoms with Gasteiger partial charge in [0.25, 0.3) is 0 Å². The van der Waals surface area contributed by atoms with Crippen LogP contribution in [0.1, 0.15) is 17.9 Å². The Morgan fingerprint density at radius 3 is 2.64 bits per heavy atom. The summed E-state index contributed by atoms with van der Waals surface area (Å²) in [6.45, 7) is 0. The van der Waals surface area contributed by atoms with Crippen LogP contribution in [0.4, 0.5) is 4.39 Å². The minimum absolute atomic E-state index is 0.212. The van der Waals surface area contributed by atoms with Crippen molar-refractivity contribution < 1.29 is 9.50 Å². The summed E-state index contributed by atoms with van der Waals surface area (Å²) in [6, 6.07) is 6.25. The number of hydrogen-bond donors (Lipinski definition) is 1. The normalized spacial score (nSPS) is 12.4. The van der Waals surface area contributed by atoms with Crippen molar-refractivity contribution in [3.05, 3.63) is 35.6 Å². The maximum Gasteiger partial charge on any atom is 0.164 e. The second-order valence-electron chi connectivity index (χ2n) is 2.89. The van der Waals surface area contributed by atoms with E-state index in [4.69, 9.17) is 11.6 Å². The van der Waals surface area contributed by atoms with Crippen LogP contribution in [0, 0.1) is 5.82 Å². The molecule has 0 radical (unpaired) electrons. The monoisotopic (exact) mass is 232 g/mol. The van der Waals surface area contributed by atoms with Crippen LogP contribution in [-0.4, -0.2) is 16.0 Å². The zero-order valence-corrected chi connectivity index (χ0v) is 8.98. The molecular formula is C10H10ClFOS. The zero-order chi connectivity index (χ0) is 10.6. The van der Waals surface area contributed by atoms with Crippen LogP contribution in [0.25, 0.3) is 0 Å². The van der Waals surface area contributed by atoms with Gasteiger partial charge in [0.1, 0.15) is 5.82 Å². The van der Waals surface area contributed by atoms with Crippen molar-refractivity contribution in [1.29, 1.82) is 0 Å². The molecule has 1 N–H and O–H groups in total. The number of aliphatic hydroxyl groups is 1. The molecule has 76 valence electrons. The van der Waals surface area contributed by atoms with Crippen molar-refractivity contribution >= 4 is 28.9 Å². The first-order valence-electron chi connectivity index (χ1n) is 4.20. The lowest BCUT2D eigenvalue weighted by atomic mass is 9.97. The van der Waals surface area contributed by atoms with E-state index in [9.17, 15) is 9.50 Å². The van der Waals surface area contributed by atoms with E-state index in [1.807, 2.05) is 0 Å². The molecule has 1 aromatic rings. The molecule has 1 rings (SSSR count). The Labute approximate surface area is 92.5 Å². The van der Waals surface area contributed by atoms with Gasteiger partial charge in [-0.2, -0.15) is 0 Å². The molecular weight excluding hydrogens is 223 g/mol. The molecule has 0 amide bonds. The van der Waals surface area contributed by atoms with E-state index in [0.29, 0.717) is 17.9 Å². The summed E-state index contributed by atoms with van der Waals surface area (Å²) < 4.78 is 13.3. The number of rotatable bonds is 4. The summed E-state index contributed by atoms with van der Waals surface area (Å²) in [4.78, 5) is 0. The quantitative estimate of drug-likeness (QED) is 0.634. The highest BCUT2D eigenvalue weighted by Gasteiger charge is 2.18. The number of benzene rings is 1. The van der Waals surface area contributed by atoms with Crippen LogP contribution >= 0.6 is 23.8 Å². The topological polar surface area (TPSA) is 20.2 Å². The van der Waals surface area contributed by atoms with E-state index in [1.54, 1.807) is 18.2 Å². The fourth-order valence-corrected chi connectivity index (χ4v) is 1.74. The van der Waals surface area contributed by atoms with E-state index >= 15 is 0 Å². The lowest BCUT2D eigenvalue weighted by molar-refractivity contribution is 0.517. The summed E-state index contributed by atoms with van der Waals surface area (Å²) in [7, 11) is 0. The fourth-order valence-electron chi connectivity index (χ4n) is 1.28. The first-order chi connectivity index (χ1) is 6.66. The summed E-state index contributed by atoms with van der Waals surface area (Å²) in [5.74, 6) is -0.512. The van der Waals surface area contributed by atoms with Crippen LogP contribution in [-0.2, 0) is 0 Å². The van der Waals surface area contributed by atoms with E-state index in [1.165, 1.54) is 6.07 Å². The van der Waals surface area contributed by atoms with Crippen LogP contribution < -0.4 is 0 Å². The Bertz CT molecular complexity index is 330. The van der Waals surface area contributed by atoms with Crippen LogP contribution in [0.3, 0.4) is 0 Å². The van der Waals surface area contributed by atoms with Gasteiger partial charge in [0.05, 0.1) is 5.92 Å². The van der Waals surface area contributed by atoms with Crippen LogP contribution in [0.2, 0.25) is 0 Å². The zero-order valence-electron chi connectivity index (χ0n) is 7.41. The molecule has 0 bridgehead atoms. The van der Waals surface area contributed by atoms with Crippen LogP contribution in [0.5, 0.6) is 0 Å². The standard InChI is InChI=1S/C10H10ClFOS/c11-6-5-8(10(13)14)7-3-1-2-4-9(7)12/h1-4,8H,5-6H2,(H,13,14). The molecule has 4 heteroatoms. The second kappa shape index (κ2) is 5.27. The van der Waals surface area contributed by atoms with E-state index in [2.05, 4.69) is 12.2 Å². The smallest absolute Gasteiger partial charge is 0.164 e. The Hall–Kier alpha value is -0.670. The highest BCUT2D eigenvalue weighted by atomic mass is 35.5. The van der Waals surface area contributed by atoms with Crippen molar-refractivity contribution in [3.8, 4) is 0 Å². The highest BCUT2D eigenvalue weighted by molar-refractivity contribution is 7.80. The van der Waals surface area contributed by atoms with Crippen molar-refractivity contribution in [2.24, 2.45) is 0 Å². The minimum Gasteiger partial charge on any atom is -0.502 e. The Kier molecular flexibility index (Phi) is 4.29. The molecule has 0 heterocycles. The number of thiocarbonyl (C=S) groups is 1. The van der Waals surface area contributed by atoms with Crippen molar-refractivity contribution in [3.63, 3.8) is 0 Å². The fraction of sp³-hybridized carbons (Fsp3) is 0.300. The molecule has 0 saturated carbocycles. The van der Waals surface area contributed by atoms with Crippen molar-refractivity contribution in [2.45, 2.75) is 12.3 Å². The largest absolute Gasteiger partial charge is 0.502 e. The van der Waals surface area contributed by atoms with E-state index in [0.717, 1.165) is 0 Å². The molecule has 14 heavy (non-hydrogen) atoms. The molecule has 1 aromatic carbocycles. The van der Waals surface area contributed by atoms with Crippen LogP contribution in [0.15, 0.2) is 24.3 Å². The Morgan fingerprint density at radius 2 is 2.14 bits per heavy atom. The van der Waals surface area contributed by atoms with Gasteiger partial charge in [0.15, 0.2) is 5.05 Å². The molecule has 1 unspecified atom stereocenters. The minimum atomic E-state index is -0.483. The van der Waals surface area contributed by atoms with Crippen molar-refractivity contribution in [1.82, 2.24) is 0 Å². The summed E-state index contributed by atoms with van der Waals surface area (Å²) in [5, 5.41) is 9.02. The van der Waals surface area contributed by atoms with Gasteiger partial charge < -0.3 is 5.11 Å². The predicted molar refractivity (Wildman–Crippen MR) is 59.7 cm³/mol. The third-order valence-electron chi connectivity index (χ3n) is 1.98. The van der Waals surface area contributed by atoms with E-state index < -0.39 is 5.92 Å². The van der Waals surface area contributed by atoms with Crippen molar-refractivity contribution in [2.75, 3.05) is 5.88 Å². The first-order valence-corrected chi connectivity index (χ1v) is 5.14. The predicted octanol–water partition coefficient (Wildman–Crippen LogP) is 3.42. The van der Waals surface area contributed by atoms with Gasteiger partial charge >= 0.3 is 0 Å². The molecule has 0 aliphatic carbocycles. The van der Waals surface area contributed by atoms with Gasteiger partial charge in [0.2, 0.25) is 0 Å². The van der Waals surface area contributed by atoms with E-state index in [-0.39, 0.29) is 10.9 Å². The average molecular weight is 233 g/mol. The maximum atomic E-state index is 13.3. The van der Waals surface area contributed by atoms with Gasteiger partial charge in [-0.05, 0) is 30.3 Å².